The standard InChI is InChI=1S/C12H22O3.C11H8O2/c1-4-7-14-10-12(6-3,9-13)11-15-8-5-2;12-11(13)6-5-9-7-8-3-1-2-4-10(8)9/h4-5,13H,1-2,6-11H2,3H3;1-7H,(H,12,13). The molecule has 5 nitrogen and oxygen atoms in total. The lowest BCUT2D eigenvalue weighted by molar-refractivity contribution is -0.131. The molecule has 0 fully saturated rings. The summed E-state index contributed by atoms with van der Waals surface area (Å²) in [7, 11) is 0. The summed E-state index contributed by atoms with van der Waals surface area (Å²) in [6, 6.07) is 7.90. The Bertz CT molecular complexity index is 683. The first kappa shape index (κ1) is 23.6. The van der Waals surface area contributed by atoms with Crippen molar-refractivity contribution in [2.45, 2.75) is 13.3 Å². The zero-order valence-electron chi connectivity index (χ0n) is 16.5. The van der Waals surface area contributed by atoms with Crippen molar-refractivity contribution in [2.75, 3.05) is 33.0 Å². The molecule has 28 heavy (non-hydrogen) atoms. The lowest BCUT2D eigenvalue weighted by atomic mass is 9.88. The number of aliphatic hydroxyl groups is 1. The molecule has 152 valence electrons. The predicted octanol–water partition coefficient (Wildman–Crippen LogP) is 3.96. The molecule has 0 atom stereocenters. The first-order chi connectivity index (χ1) is 13.5. The van der Waals surface area contributed by atoms with Crippen molar-refractivity contribution < 1.29 is 24.5 Å². The Morgan fingerprint density at radius 1 is 1.14 bits per heavy atom. The van der Waals surface area contributed by atoms with Crippen molar-refractivity contribution in [3.8, 4) is 0 Å². The van der Waals surface area contributed by atoms with Crippen molar-refractivity contribution in [1.82, 2.24) is 0 Å². The second-order valence-electron chi connectivity index (χ2n) is 6.48. The largest absolute Gasteiger partial charge is 0.478 e. The van der Waals surface area contributed by atoms with Crippen LogP contribution in [0.1, 0.15) is 24.5 Å². The van der Waals surface area contributed by atoms with Gasteiger partial charge in [-0.2, -0.15) is 0 Å². The Labute approximate surface area is 167 Å². The second-order valence-corrected chi connectivity index (χ2v) is 6.48. The van der Waals surface area contributed by atoms with Crippen molar-refractivity contribution in [3.05, 3.63) is 72.9 Å². The van der Waals surface area contributed by atoms with Gasteiger partial charge >= 0.3 is 5.97 Å². The monoisotopic (exact) mass is 386 g/mol. The fraction of sp³-hybridized carbons (Fsp3) is 0.348. The average molecular weight is 386 g/mol. The van der Waals surface area contributed by atoms with Crippen molar-refractivity contribution in [3.63, 3.8) is 0 Å². The van der Waals surface area contributed by atoms with E-state index < -0.39 is 5.97 Å². The van der Waals surface area contributed by atoms with Crippen LogP contribution in [0.15, 0.2) is 61.7 Å². The number of carboxylic acids is 1. The number of carboxylic acid groups (broad SMARTS) is 1. The summed E-state index contributed by atoms with van der Waals surface area (Å²) in [6.45, 7) is 11.2. The number of hydrogen-bond acceptors (Lipinski definition) is 4. The van der Waals surface area contributed by atoms with Crippen LogP contribution in [0.2, 0.25) is 0 Å². The predicted molar refractivity (Wildman–Crippen MR) is 113 cm³/mol. The Balaban J connectivity index is 0.000000281. The minimum Gasteiger partial charge on any atom is -0.478 e. The molecular weight excluding hydrogens is 356 g/mol. The third kappa shape index (κ3) is 7.64. The van der Waals surface area contributed by atoms with E-state index in [-0.39, 0.29) is 12.0 Å². The molecule has 0 saturated heterocycles. The first-order valence-electron chi connectivity index (χ1n) is 9.22. The number of aliphatic hydroxyl groups excluding tert-OH is 1. The molecule has 0 spiro atoms. The van der Waals surface area contributed by atoms with Crippen LogP contribution < -0.4 is 0 Å². The average Bonchev–Trinajstić information content (AvgIpc) is 2.68. The van der Waals surface area contributed by atoms with E-state index in [2.05, 4.69) is 13.2 Å². The van der Waals surface area contributed by atoms with E-state index in [1.165, 1.54) is 5.56 Å². The van der Waals surface area contributed by atoms with Crippen molar-refractivity contribution >= 4 is 17.6 Å². The molecule has 1 aromatic rings. The first-order valence-corrected chi connectivity index (χ1v) is 9.22. The molecule has 2 N–H and O–H groups in total. The maximum Gasteiger partial charge on any atom is 0.328 e. The Hall–Kier alpha value is -2.47. The number of carbonyl (C=O) groups is 1. The van der Waals surface area contributed by atoms with Crippen LogP contribution in [-0.4, -0.2) is 49.2 Å². The van der Waals surface area contributed by atoms with Gasteiger partial charge in [-0.25, -0.2) is 4.79 Å². The molecule has 1 aromatic carbocycles. The summed E-state index contributed by atoms with van der Waals surface area (Å²) in [4.78, 5) is 10.2. The third-order valence-corrected chi connectivity index (χ3v) is 4.36. The lowest BCUT2D eigenvalue weighted by Crippen LogP contribution is -2.35. The van der Waals surface area contributed by atoms with Crippen molar-refractivity contribution in [1.29, 1.82) is 0 Å². The molecule has 0 bridgehead atoms. The van der Waals surface area contributed by atoms with E-state index in [9.17, 15) is 9.90 Å². The molecule has 2 rings (SSSR count). The minimum absolute atomic E-state index is 0.0672. The summed E-state index contributed by atoms with van der Waals surface area (Å²) in [5, 5.41) is 17.8. The number of ether oxygens (including phenoxy) is 2. The number of benzene rings is 1. The van der Waals surface area contributed by atoms with Crippen molar-refractivity contribution in [2.24, 2.45) is 5.41 Å². The van der Waals surface area contributed by atoms with Gasteiger partial charge in [-0.15, -0.1) is 13.2 Å². The molecule has 0 radical (unpaired) electrons. The number of allylic oxidation sites excluding steroid dienone is 2. The van der Waals surface area contributed by atoms with Crippen LogP contribution in [0, 0.1) is 5.41 Å². The number of hydrogen-bond donors (Lipinski definition) is 2. The van der Waals surface area contributed by atoms with Crippen LogP contribution in [0.3, 0.4) is 0 Å². The smallest absolute Gasteiger partial charge is 0.328 e. The zero-order chi connectivity index (χ0) is 20.8. The molecule has 1 aliphatic carbocycles. The molecular formula is C23H30O5. The van der Waals surface area contributed by atoms with Gasteiger partial charge in [-0.1, -0.05) is 43.3 Å². The summed E-state index contributed by atoms with van der Waals surface area (Å²) < 4.78 is 10.8. The maximum absolute atomic E-state index is 10.2. The van der Waals surface area contributed by atoms with Gasteiger partial charge in [0.1, 0.15) is 0 Å². The maximum atomic E-state index is 10.2. The van der Waals surface area contributed by atoms with E-state index in [0.717, 1.165) is 23.6 Å². The summed E-state index contributed by atoms with van der Waals surface area (Å²) in [6.07, 6.45) is 8.95. The van der Waals surface area contributed by atoms with E-state index in [1.54, 1.807) is 18.2 Å². The van der Waals surface area contributed by atoms with E-state index in [0.29, 0.717) is 26.4 Å². The molecule has 1 aliphatic rings. The van der Waals surface area contributed by atoms with Crippen LogP contribution in [0.5, 0.6) is 0 Å². The van der Waals surface area contributed by atoms with E-state index in [1.807, 2.05) is 37.3 Å². The fourth-order valence-electron chi connectivity index (χ4n) is 2.52. The van der Waals surface area contributed by atoms with Gasteiger partial charge in [0, 0.05) is 11.5 Å². The number of fused-ring (bicyclic) bond motifs is 1. The highest BCUT2D eigenvalue weighted by Gasteiger charge is 2.28. The topological polar surface area (TPSA) is 76.0 Å². The van der Waals surface area contributed by atoms with Crippen LogP contribution in [0.4, 0.5) is 0 Å². The number of aliphatic carboxylic acids is 1. The molecule has 0 amide bonds. The molecule has 0 heterocycles. The highest BCUT2D eigenvalue weighted by molar-refractivity contribution is 6.01. The normalized spacial score (nSPS) is 12.3. The summed E-state index contributed by atoms with van der Waals surface area (Å²) >= 11 is 0. The van der Waals surface area contributed by atoms with Crippen LogP contribution in [0.25, 0.3) is 11.6 Å². The molecule has 0 unspecified atom stereocenters. The quantitative estimate of drug-likeness (QED) is 0.323. The van der Waals surface area contributed by atoms with Gasteiger partial charge in [0.25, 0.3) is 0 Å². The highest BCUT2D eigenvalue weighted by atomic mass is 16.5. The third-order valence-electron chi connectivity index (χ3n) is 4.36. The summed E-state index contributed by atoms with van der Waals surface area (Å²) in [5.41, 5.74) is 2.98. The van der Waals surface area contributed by atoms with Crippen LogP contribution >= 0.6 is 0 Å². The highest BCUT2D eigenvalue weighted by Crippen LogP contribution is 2.32. The fourth-order valence-corrected chi connectivity index (χ4v) is 2.52. The Morgan fingerprint density at radius 2 is 1.75 bits per heavy atom. The molecule has 0 aromatic heterocycles. The van der Waals surface area contributed by atoms with E-state index in [4.69, 9.17) is 14.6 Å². The molecule has 0 saturated carbocycles. The SMILES string of the molecule is C=CCOCC(CC)(CO)COCC=C.O=C(O)C=CC1=Cc2ccccc21. The summed E-state index contributed by atoms with van der Waals surface area (Å²) in [5.74, 6) is -0.912. The molecule has 0 aliphatic heterocycles. The van der Waals surface area contributed by atoms with E-state index >= 15 is 0 Å². The molecule has 5 heteroatoms. The Morgan fingerprint density at radius 3 is 2.21 bits per heavy atom. The van der Waals surface area contributed by atoms with Gasteiger partial charge in [0.05, 0.1) is 33.0 Å². The van der Waals surface area contributed by atoms with Gasteiger partial charge < -0.3 is 19.7 Å². The van der Waals surface area contributed by atoms with Gasteiger partial charge in [0.2, 0.25) is 0 Å². The Kier molecular flexibility index (Phi) is 10.8. The minimum atomic E-state index is -0.912. The zero-order valence-corrected chi connectivity index (χ0v) is 16.5. The van der Waals surface area contributed by atoms with Gasteiger partial charge in [-0.05, 0) is 35.3 Å². The van der Waals surface area contributed by atoms with Crippen LogP contribution in [-0.2, 0) is 14.3 Å². The van der Waals surface area contributed by atoms with Gasteiger partial charge in [0.15, 0.2) is 0 Å². The second kappa shape index (κ2) is 12.8. The van der Waals surface area contributed by atoms with Gasteiger partial charge in [-0.3, -0.25) is 0 Å². The lowest BCUT2D eigenvalue weighted by Gasteiger charge is -2.29. The number of rotatable bonds is 12.